The normalized spacial score (nSPS) is 14.7. The lowest BCUT2D eigenvalue weighted by Crippen LogP contribution is -2.23. The van der Waals surface area contributed by atoms with Crippen molar-refractivity contribution in [3.63, 3.8) is 0 Å². The molecule has 1 amide bonds. The highest BCUT2D eigenvalue weighted by Gasteiger charge is 2.31. The Hall–Kier alpha value is -2.31. The van der Waals surface area contributed by atoms with Crippen LogP contribution in [0, 0.1) is 0 Å². The molecule has 1 aliphatic carbocycles. The SMILES string of the molecule is C[C@@H](Sc1nnc(C2CC2)n1-c1ccccc1)C(=O)Nc1ccccc1Cl. The van der Waals surface area contributed by atoms with Gasteiger partial charge in [-0.25, -0.2) is 0 Å². The van der Waals surface area contributed by atoms with E-state index in [2.05, 4.69) is 20.1 Å². The number of amides is 1. The van der Waals surface area contributed by atoms with Crippen LogP contribution in [0.1, 0.15) is 31.5 Å². The molecule has 0 unspecified atom stereocenters. The van der Waals surface area contributed by atoms with Gasteiger partial charge in [-0.05, 0) is 44.0 Å². The van der Waals surface area contributed by atoms with Gasteiger partial charge >= 0.3 is 0 Å². The second kappa shape index (κ2) is 7.74. The molecule has 27 heavy (non-hydrogen) atoms. The number of benzene rings is 2. The van der Waals surface area contributed by atoms with Crippen LogP contribution in [0.5, 0.6) is 0 Å². The maximum Gasteiger partial charge on any atom is 0.237 e. The Labute approximate surface area is 167 Å². The van der Waals surface area contributed by atoms with Crippen LogP contribution in [0.4, 0.5) is 5.69 Å². The fraction of sp³-hybridized carbons (Fsp3) is 0.250. The molecule has 1 atom stereocenters. The van der Waals surface area contributed by atoms with Crippen LogP contribution in [-0.2, 0) is 4.79 Å². The van der Waals surface area contributed by atoms with E-state index in [1.54, 1.807) is 12.1 Å². The molecule has 0 saturated heterocycles. The van der Waals surface area contributed by atoms with Gasteiger partial charge in [-0.1, -0.05) is 53.7 Å². The highest BCUT2D eigenvalue weighted by atomic mass is 35.5. The average molecular weight is 399 g/mol. The van der Waals surface area contributed by atoms with Crippen molar-refractivity contribution in [1.82, 2.24) is 14.8 Å². The molecule has 1 fully saturated rings. The monoisotopic (exact) mass is 398 g/mol. The number of anilines is 1. The number of halogens is 1. The van der Waals surface area contributed by atoms with Crippen molar-refractivity contribution in [2.45, 2.75) is 36.1 Å². The van der Waals surface area contributed by atoms with Gasteiger partial charge in [0.25, 0.3) is 0 Å². The zero-order valence-corrected chi connectivity index (χ0v) is 16.4. The molecule has 1 aromatic heterocycles. The van der Waals surface area contributed by atoms with Gasteiger partial charge in [-0.2, -0.15) is 0 Å². The summed E-state index contributed by atoms with van der Waals surface area (Å²) in [6, 6.07) is 17.3. The van der Waals surface area contributed by atoms with Gasteiger partial charge in [0.05, 0.1) is 16.0 Å². The van der Waals surface area contributed by atoms with Crippen molar-refractivity contribution in [1.29, 1.82) is 0 Å². The molecular formula is C20H19ClN4OS. The molecule has 0 aliphatic heterocycles. The van der Waals surface area contributed by atoms with Gasteiger partial charge in [0.1, 0.15) is 5.82 Å². The third kappa shape index (κ3) is 4.01. The van der Waals surface area contributed by atoms with Gasteiger partial charge in [-0.3, -0.25) is 9.36 Å². The molecule has 1 aliphatic rings. The Kier molecular flexibility index (Phi) is 5.18. The third-order valence-corrected chi connectivity index (χ3v) is 5.77. The number of carbonyl (C=O) groups excluding carboxylic acids is 1. The van der Waals surface area contributed by atoms with Crippen molar-refractivity contribution >= 4 is 35.0 Å². The molecule has 1 heterocycles. The Balaban J connectivity index is 1.55. The Morgan fingerprint density at radius 3 is 2.56 bits per heavy atom. The van der Waals surface area contributed by atoms with Crippen molar-refractivity contribution in [3.05, 3.63) is 65.4 Å². The molecule has 1 saturated carbocycles. The number of nitrogens with zero attached hydrogens (tertiary/aromatic N) is 3. The first-order valence-electron chi connectivity index (χ1n) is 8.86. The van der Waals surface area contributed by atoms with E-state index in [1.807, 2.05) is 49.4 Å². The highest BCUT2D eigenvalue weighted by molar-refractivity contribution is 8.00. The maximum absolute atomic E-state index is 12.6. The summed E-state index contributed by atoms with van der Waals surface area (Å²) >= 11 is 7.53. The molecule has 4 rings (SSSR count). The summed E-state index contributed by atoms with van der Waals surface area (Å²) in [5.41, 5.74) is 1.63. The summed E-state index contributed by atoms with van der Waals surface area (Å²) < 4.78 is 2.07. The van der Waals surface area contributed by atoms with E-state index in [1.165, 1.54) is 11.8 Å². The second-order valence-electron chi connectivity index (χ2n) is 6.52. The van der Waals surface area contributed by atoms with Gasteiger partial charge < -0.3 is 5.32 Å². The summed E-state index contributed by atoms with van der Waals surface area (Å²) in [5.74, 6) is 1.31. The second-order valence-corrected chi connectivity index (χ2v) is 8.23. The average Bonchev–Trinajstić information content (AvgIpc) is 3.45. The number of hydrogen-bond acceptors (Lipinski definition) is 4. The molecule has 7 heteroatoms. The van der Waals surface area contributed by atoms with Gasteiger partial charge in [-0.15, -0.1) is 10.2 Å². The number of nitrogens with one attached hydrogen (secondary N) is 1. The molecule has 5 nitrogen and oxygen atoms in total. The van der Waals surface area contributed by atoms with Crippen LogP contribution in [0.2, 0.25) is 5.02 Å². The van der Waals surface area contributed by atoms with Crippen molar-refractivity contribution in [3.8, 4) is 5.69 Å². The topological polar surface area (TPSA) is 59.8 Å². The highest BCUT2D eigenvalue weighted by Crippen LogP contribution is 2.41. The van der Waals surface area contributed by atoms with E-state index in [4.69, 9.17) is 11.6 Å². The minimum atomic E-state index is -0.347. The summed E-state index contributed by atoms with van der Waals surface area (Å²) in [6.07, 6.45) is 2.27. The lowest BCUT2D eigenvalue weighted by molar-refractivity contribution is -0.115. The Morgan fingerprint density at radius 1 is 1.15 bits per heavy atom. The van der Waals surface area contributed by atoms with Crippen molar-refractivity contribution in [2.75, 3.05) is 5.32 Å². The lowest BCUT2D eigenvalue weighted by atomic mass is 10.3. The first-order valence-corrected chi connectivity index (χ1v) is 10.1. The van der Waals surface area contributed by atoms with E-state index in [0.29, 0.717) is 16.6 Å². The number of rotatable bonds is 6. The summed E-state index contributed by atoms with van der Waals surface area (Å²) in [6.45, 7) is 1.86. The first-order chi connectivity index (χ1) is 13.1. The first kappa shape index (κ1) is 18.1. The minimum Gasteiger partial charge on any atom is -0.324 e. The zero-order valence-electron chi connectivity index (χ0n) is 14.8. The van der Waals surface area contributed by atoms with E-state index in [9.17, 15) is 4.79 Å². The van der Waals surface area contributed by atoms with Crippen molar-refractivity contribution in [2.24, 2.45) is 0 Å². The largest absolute Gasteiger partial charge is 0.324 e. The van der Waals surface area contributed by atoms with E-state index in [-0.39, 0.29) is 11.2 Å². The van der Waals surface area contributed by atoms with Crippen LogP contribution in [0.25, 0.3) is 5.69 Å². The van der Waals surface area contributed by atoms with E-state index >= 15 is 0 Å². The molecular weight excluding hydrogens is 380 g/mol. The molecule has 2 aromatic carbocycles. The molecule has 0 radical (unpaired) electrons. The number of carbonyl (C=O) groups is 1. The van der Waals surface area contributed by atoms with Crippen LogP contribution in [0.15, 0.2) is 59.8 Å². The van der Waals surface area contributed by atoms with Crippen LogP contribution in [-0.4, -0.2) is 25.9 Å². The van der Waals surface area contributed by atoms with E-state index < -0.39 is 0 Å². The summed E-state index contributed by atoms with van der Waals surface area (Å²) in [4.78, 5) is 12.6. The fourth-order valence-electron chi connectivity index (χ4n) is 2.79. The fourth-order valence-corrected chi connectivity index (χ4v) is 3.85. The molecule has 1 N–H and O–H groups in total. The predicted molar refractivity (Wildman–Crippen MR) is 109 cm³/mol. The summed E-state index contributed by atoms with van der Waals surface area (Å²) in [5, 5.41) is 12.6. The molecule has 138 valence electrons. The van der Waals surface area contributed by atoms with Crippen LogP contribution < -0.4 is 5.32 Å². The third-order valence-electron chi connectivity index (χ3n) is 4.40. The smallest absolute Gasteiger partial charge is 0.237 e. The lowest BCUT2D eigenvalue weighted by Gasteiger charge is -2.14. The van der Waals surface area contributed by atoms with Gasteiger partial charge in [0, 0.05) is 11.6 Å². The molecule has 3 aromatic rings. The number of thioether (sulfide) groups is 1. The zero-order chi connectivity index (χ0) is 18.8. The van der Waals surface area contributed by atoms with Crippen molar-refractivity contribution < 1.29 is 4.79 Å². The quantitative estimate of drug-likeness (QED) is 0.599. The van der Waals surface area contributed by atoms with Gasteiger partial charge in [0.2, 0.25) is 5.91 Å². The number of aromatic nitrogens is 3. The minimum absolute atomic E-state index is 0.122. The van der Waals surface area contributed by atoms with E-state index in [0.717, 1.165) is 29.5 Å². The predicted octanol–water partition coefficient (Wildman–Crippen LogP) is 4.92. The summed E-state index contributed by atoms with van der Waals surface area (Å²) in [7, 11) is 0. The maximum atomic E-state index is 12.6. The molecule has 0 spiro atoms. The Morgan fingerprint density at radius 2 is 1.85 bits per heavy atom. The van der Waals surface area contributed by atoms with Crippen LogP contribution in [0.3, 0.4) is 0 Å². The molecule has 0 bridgehead atoms. The number of hydrogen-bond donors (Lipinski definition) is 1. The van der Waals surface area contributed by atoms with Gasteiger partial charge in [0.15, 0.2) is 5.16 Å². The standard InChI is InChI=1S/C20H19ClN4OS/c1-13(19(26)22-17-10-6-5-9-16(17)21)27-20-24-23-18(14-11-12-14)25(20)15-7-3-2-4-8-15/h2-10,13-14H,11-12H2,1H3,(H,22,26)/t13-/m1/s1. The van der Waals surface area contributed by atoms with Crippen LogP contribution >= 0.6 is 23.4 Å². The number of para-hydroxylation sites is 2. The Bertz CT molecular complexity index is 956.